The highest BCUT2D eigenvalue weighted by atomic mass is 35.5. The molecule has 0 aromatic rings. The summed E-state index contributed by atoms with van der Waals surface area (Å²) in [5, 5.41) is 5.77. The summed E-state index contributed by atoms with van der Waals surface area (Å²) >= 11 is 5.48. The molecule has 0 unspecified atom stereocenters. The Morgan fingerprint density at radius 1 is 1.36 bits per heavy atom. The second-order valence-corrected chi connectivity index (χ2v) is 4.75. The van der Waals surface area contributed by atoms with Crippen LogP contribution < -0.4 is 10.6 Å². The summed E-state index contributed by atoms with van der Waals surface area (Å²) in [6.07, 6.45) is 5.16. The van der Waals surface area contributed by atoms with Gasteiger partial charge in [0.2, 0.25) is 0 Å². The fraction of sp³-hybridized carbons (Fsp3) is 0.900. The Morgan fingerprint density at radius 3 is 2.79 bits per heavy atom. The highest BCUT2D eigenvalue weighted by Crippen LogP contribution is 2.44. The van der Waals surface area contributed by atoms with Gasteiger partial charge in [-0.1, -0.05) is 6.42 Å². The van der Waals surface area contributed by atoms with Crippen LogP contribution in [0.5, 0.6) is 0 Å². The van der Waals surface area contributed by atoms with Gasteiger partial charge in [-0.25, -0.2) is 4.79 Å². The smallest absolute Gasteiger partial charge is 0.315 e. The number of fused-ring (bicyclic) bond motifs is 2. The fourth-order valence-corrected chi connectivity index (χ4v) is 2.90. The molecule has 2 rings (SSSR count). The van der Waals surface area contributed by atoms with Crippen molar-refractivity contribution in [2.75, 3.05) is 12.4 Å². The van der Waals surface area contributed by atoms with Crippen LogP contribution in [0.3, 0.4) is 0 Å². The number of hydrogen-bond donors (Lipinski definition) is 2. The summed E-state index contributed by atoms with van der Waals surface area (Å²) in [6, 6.07) is 0.368. The van der Waals surface area contributed by atoms with Gasteiger partial charge in [0.1, 0.15) is 0 Å². The number of urea groups is 1. The van der Waals surface area contributed by atoms with Gasteiger partial charge in [-0.3, -0.25) is 0 Å². The average molecular weight is 217 g/mol. The molecule has 2 saturated carbocycles. The minimum atomic E-state index is -0.0526. The van der Waals surface area contributed by atoms with Gasteiger partial charge in [0, 0.05) is 18.5 Å². The summed E-state index contributed by atoms with van der Waals surface area (Å²) in [5.41, 5.74) is 0. The highest BCUT2D eigenvalue weighted by Gasteiger charge is 2.39. The summed E-state index contributed by atoms with van der Waals surface area (Å²) in [5.74, 6) is 2.09. The second-order valence-electron chi connectivity index (χ2n) is 4.37. The number of amides is 2. The molecule has 0 aromatic carbocycles. The van der Waals surface area contributed by atoms with Crippen molar-refractivity contribution in [3.05, 3.63) is 0 Å². The van der Waals surface area contributed by atoms with Crippen LogP contribution in [0.1, 0.15) is 25.7 Å². The Labute approximate surface area is 89.6 Å². The van der Waals surface area contributed by atoms with E-state index in [1.165, 1.54) is 25.7 Å². The fourth-order valence-electron chi connectivity index (χ4n) is 2.80. The van der Waals surface area contributed by atoms with Gasteiger partial charge in [0.15, 0.2) is 0 Å². The van der Waals surface area contributed by atoms with E-state index in [0.717, 1.165) is 11.8 Å². The predicted molar refractivity (Wildman–Crippen MR) is 56.5 cm³/mol. The number of carbonyl (C=O) groups is 1. The van der Waals surface area contributed by atoms with Crippen molar-refractivity contribution in [3.63, 3.8) is 0 Å². The lowest BCUT2D eigenvalue weighted by Crippen LogP contribution is -2.44. The van der Waals surface area contributed by atoms with Crippen molar-refractivity contribution in [1.82, 2.24) is 10.6 Å². The van der Waals surface area contributed by atoms with E-state index in [-0.39, 0.29) is 6.03 Å². The molecule has 2 fully saturated rings. The zero-order valence-electron chi connectivity index (χ0n) is 8.26. The lowest BCUT2D eigenvalue weighted by molar-refractivity contribution is 0.231. The molecule has 2 aliphatic rings. The molecule has 3 atom stereocenters. The summed E-state index contributed by atoms with van der Waals surface area (Å²) in [6.45, 7) is 0.550. The normalized spacial score (nSPS) is 34.5. The first-order valence-electron chi connectivity index (χ1n) is 5.40. The number of hydrogen-bond acceptors (Lipinski definition) is 1. The van der Waals surface area contributed by atoms with Gasteiger partial charge < -0.3 is 10.6 Å². The van der Waals surface area contributed by atoms with Crippen molar-refractivity contribution in [2.45, 2.75) is 31.7 Å². The third-order valence-electron chi connectivity index (χ3n) is 3.43. The van der Waals surface area contributed by atoms with E-state index in [0.29, 0.717) is 18.5 Å². The second kappa shape index (κ2) is 4.39. The van der Waals surface area contributed by atoms with E-state index in [1.807, 2.05) is 0 Å². The van der Waals surface area contributed by atoms with Crippen molar-refractivity contribution in [2.24, 2.45) is 11.8 Å². The molecule has 80 valence electrons. The first kappa shape index (κ1) is 10.1. The number of halogens is 1. The molecule has 0 heterocycles. The van der Waals surface area contributed by atoms with Crippen LogP contribution in [0.4, 0.5) is 4.79 Å². The molecule has 2 amide bonds. The maximum absolute atomic E-state index is 11.4. The third kappa shape index (κ3) is 2.14. The van der Waals surface area contributed by atoms with Crippen LogP contribution in [0, 0.1) is 11.8 Å². The first-order chi connectivity index (χ1) is 6.79. The topological polar surface area (TPSA) is 41.1 Å². The molecular formula is C10H17ClN2O. The standard InChI is InChI=1S/C10H17ClN2O/c11-3-4-12-10(14)13-9-6-7-1-2-8(9)5-7/h7-9H,1-6H2,(H2,12,13,14)/t7-,8+,9-/m0/s1. The van der Waals surface area contributed by atoms with Crippen molar-refractivity contribution >= 4 is 17.6 Å². The van der Waals surface area contributed by atoms with Crippen molar-refractivity contribution in [3.8, 4) is 0 Å². The molecule has 0 radical (unpaired) electrons. The summed E-state index contributed by atoms with van der Waals surface area (Å²) in [4.78, 5) is 11.4. The van der Waals surface area contributed by atoms with Gasteiger partial charge in [-0.2, -0.15) is 0 Å². The Bertz CT molecular complexity index is 222. The molecule has 2 bridgehead atoms. The van der Waals surface area contributed by atoms with Crippen molar-refractivity contribution in [1.29, 1.82) is 0 Å². The van der Waals surface area contributed by atoms with Crippen LogP contribution in [-0.4, -0.2) is 24.5 Å². The number of carbonyl (C=O) groups excluding carboxylic acids is 1. The molecule has 2 N–H and O–H groups in total. The van der Waals surface area contributed by atoms with Gasteiger partial charge >= 0.3 is 6.03 Å². The maximum Gasteiger partial charge on any atom is 0.315 e. The van der Waals surface area contributed by atoms with Gasteiger partial charge in [-0.05, 0) is 31.1 Å². The lowest BCUT2D eigenvalue weighted by Gasteiger charge is -2.22. The van der Waals surface area contributed by atoms with E-state index < -0.39 is 0 Å². The molecule has 0 aliphatic heterocycles. The highest BCUT2D eigenvalue weighted by molar-refractivity contribution is 6.18. The van der Waals surface area contributed by atoms with E-state index in [4.69, 9.17) is 11.6 Å². The zero-order chi connectivity index (χ0) is 9.97. The lowest BCUT2D eigenvalue weighted by atomic mass is 9.95. The van der Waals surface area contributed by atoms with Gasteiger partial charge in [0.25, 0.3) is 0 Å². The van der Waals surface area contributed by atoms with Crippen LogP contribution in [-0.2, 0) is 0 Å². The Hall–Kier alpha value is -0.440. The van der Waals surface area contributed by atoms with Crippen LogP contribution in [0.15, 0.2) is 0 Å². The summed E-state index contributed by atoms with van der Waals surface area (Å²) in [7, 11) is 0. The first-order valence-corrected chi connectivity index (χ1v) is 5.93. The van der Waals surface area contributed by atoms with Crippen LogP contribution in [0.25, 0.3) is 0 Å². The summed E-state index contributed by atoms with van der Waals surface area (Å²) < 4.78 is 0. The molecular weight excluding hydrogens is 200 g/mol. The predicted octanol–water partition coefficient (Wildman–Crippen LogP) is 1.71. The maximum atomic E-state index is 11.4. The van der Waals surface area contributed by atoms with Crippen LogP contribution >= 0.6 is 11.6 Å². The van der Waals surface area contributed by atoms with Gasteiger partial charge in [0.05, 0.1) is 0 Å². The molecule has 14 heavy (non-hydrogen) atoms. The molecule has 2 aliphatic carbocycles. The van der Waals surface area contributed by atoms with Gasteiger partial charge in [-0.15, -0.1) is 11.6 Å². The molecule has 0 saturated heterocycles. The molecule has 0 aromatic heterocycles. The third-order valence-corrected chi connectivity index (χ3v) is 3.62. The zero-order valence-corrected chi connectivity index (χ0v) is 9.02. The molecule has 4 heteroatoms. The quantitative estimate of drug-likeness (QED) is 0.693. The Balaban J connectivity index is 1.73. The van der Waals surface area contributed by atoms with Crippen LogP contribution in [0.2, 0.25) is 0 Å². The van der Waals surface area contributed by atoms with Crippen molar-refractivity contribution < 1.29 is 4.79 Å². The van der Waals surface area contributed by atoms with E-state index in [2.05, 4.69) is 10.6 Å². The molecule has 3 nitrogen and oxygen atoms in total. The SMILES string of the molecule is O=C(NCCCl)N[C@H]1C[C@H]2CC[C@@H]1C2. The van der Waals surface area contributed by atoms with E-state index in [1.54, 1.807) is 0 Å². The Kier molecular flexibility index (Phi) is 3.16. The van der Waals surface area contributed by atoms with E-state index in [9.17, 15) is 4.79 Å². The Morgan fingerprint density at radius 2 is 2.21 bits per heavy atom. The molecule has 0 spiro atoms. The number of alkyl halides is 1. The number of rotatable bonds is 3. The largest absolute Gasteiger partial charge is 0.337 e. The monoisotopic (exact) mass is 216 g/mol. The minimum absolute atomic E-state index is 0.0526. The van der Waals surface area contributed by atoms with E-state index >= 15 is 0 Å². The average Bonchev–Trinajstić information content (AvgIpc) is 2.76. The number of nitrogens with one attached hydrogen (secondary N) is 2. The minimum Gasteiger partial charge on any atom is -0.337 e.